The molecule has 1 aliphatic heterocycles. The molecule has 3 heteroatoms. The Hall–Kier alpha value is -5.67. The second kappa shape index (κ2) is 9.76. The first-order valence-corrected chi connectivity index (χ1v) is 14.2. The maximum absolute atomic E-state index is 7.98. The highest BCUT2D eigenvalue weighted by Crippen LogP contribution is 2.39. The number of aromatic nitrogens is 1. The fourth-order valence-corrected chi connectivity index (χ4v) is 6.33. The maximum Gasteiger partial charge on any atom is 0.0541 e. The topological polar surface area (TPSA) is 40.8 Å². The van der Waals surface area contributed by atoms with Crippen molar-refractivity contribution in [1.29, 1.82) is 5.41 Å². The predicted molar refractivity (Wildman–Crippen MR) is 178 cm³/mol. The van der Waals surface area contributed by atoms with Gasteiger partial charge in [0.2, 0.25) is 0 Å². The van der Waals surface area contributed by atoms with Crippen molar-refractivity contribution >= 4 is 56.3 Å². The molecule has 1 aromatic heterocycles. The zero-order chi connectivity index (χ0) is 28.0. The van der Waals surface area contributed by atoms with Crippen molar-refractivity contribution in [1.82, 2.24) is 9.88 Å². The molecular weight excluding hydrogens is 510 g/mol. The van der Waals surface area contributed by atoms with Gasteiger partial charge in [0.25, 0.3) is 0 Å². The molecule has 1 aliphatic rings. The lowest BCUT2D eigenvalue weighted by molar-refractivity contribution is 1.16. The quantitative estimate of drug-likeness (QED) is 0.216. The molecule has 0 atom stereocenters. The molecule has 2 heterocycles. The Morgan fingerprint density at radius 1 is 0.571 bits per heavy atom. The summed E-state index contributed by atoms with van der Waals surface area (Å²) in [5.74, 6) is 0. The average Bonchev–Trinajstić information content (AvgIpc) is 3.39. The van der Waals surface area contributed by atoms with Crippen molar-refractivity contribution in [2.75, 3.05) is 0 Å². The Morgan fingerprint density at radius 3 is 1.88 bits per heavy atom. The van der Waals surface area contributed by atoms with Gasteiger partial charge in [-0.2, -0.15) is 0 Å². The summed E-state index contributed by atoms with van der Waals surface area (Å²) in [6.07, 6.45) is 5.45. The van der Waals surface area contributed by atoms with Crippen LogP contribution in [0.5, 0.6) is 0 Å². The van der Waals surface area contributed by atoms with Crippen LogP contribution in [0.15, 0.2) is 140 Å². The van der Waals surface area contributed by atoms with Crippen LogP contribution >= 0.6 is 0 Å². The molecule has 3 nitrogen and oxygen atoms in total. The lowest BCUT2D eigenvalue weighted by Gasteiger charge is -2.25. The Bertz CT molecular complexity index is 2180. The first-order chi connectivity index (χ1) is 20.8. The minimum Gasteiger partial charge on any atom is -0.354 e. The molecule has 2 N–H and O–H groups in total. The number of rotatable bonds is 4. The highest BCUT2D eigenvalue weighted by Gasteiger charge is 2.21. The second-order valence-electron chi connectivity index (χ2n) is 10.7. The molecule has 0 radical (unpaired) electrons. The molecule has 0 aliphatic carbocycles. The Kier molecular flexibility index (Phi) is 5.61. The summed E-state index contributed by atoms with van der Waals surface area (Å²) in [5, 5.41) is 16.6. The van der Waals surface area contributed by atoms with E-state index in [0.717, 1.165) is 33.8 Å². The molecule has 0 bridgehead atoms. The normalized spacial score (nSPS) is 13.7. The van der Waals surface area contributed by atoms with Gasteiger partial charge in [-0.25, -0.2) is 0 Å². The zero-order valence-corrected chi connectivity index (χ0v) is 22.9. The molecule has 8 rings (SSSR count). The van der Waals surface area contributed by atoms with Crippen LogP contribution in [-0.4, -0.2) is 10.8 Å². The van der Waals surface area contributed by atoms with Crippen LogP contribution in [0.1, 0.15) is 16.7 Å². The molecule has 6 aromatic carbocycles. The molecule has 0 spiro atoms. The first-order valence-electron chi connectivity index (χ1n) is 14.2. The van der Waals surface area contributed by atoms with Crippen LogP contribution in [0.4, 0.5) is 0 Å². The number of hydrogen-bond donors (Lipinski definition) is 2. The van der Waals surface area contributed by atoms with Gasteiger partial charge in [0, 0.05) is 45.2 Å². The minimum absolute atomic E-state index is 0.910. The van der Waals surface area contributed by atoms with Gasteiger partial charge >= 0.3 is 0 Å². The molecule has 0 saturated heterocycles. The number of benzene rings is 6. The fourth-order valence-electron chi connectivity index (χ4n) is 6.33. The SMILES string of the molecule is N=C/C=C1\NC(c2cc3ccccc3cc2-c2ccccc2)=Cc2ccc(-n3c4ccccc4c4ccccc43)cc21. The Labute approximate surface area is 244 Å². The van der Waals surface area contributed by atoms with Crippen molar-refractivity contribution in [2.45, 2.75) is 0 Å². The molecule has 0 amide bonds. The van der Waals surface area contributed by atoms with Gasteiger partial charge in [0.05, 0.1) is 11.0 Å². The lowest BCUT2D eigenvalue weighted by Crippen LogP contribution is -2.17. The van der Waals surface area contributed by atoms with Crippen molar-refractivity contribution in [3.63, 3.8) is 0 Å². The summed E-state index contributed by atoms with van der Waals surface area (Å²) < 4.78 is 2.34. The van der Waals surface area contributed by atoms with E-state index in [0.29, 0.717) is 0 Å². The van der Waals surface area contributed by atoms with Crippen LogP contribution in [0.3, 0.4) is 0 Å². The molecular formula is C39H27N3. The first kappa shape index (κ1) is 24.2. The molecule has 0 fully saturated rings. The van der Waals surface area contributed by atoms with Gasteiger partial charge in [-0.05, 0) is 76.0 Å². The van der Waals surface area contributed by atoms with Crippen LogP contribution in [0, 0.1) is 5.41 Å². The van der Waals surface area contributed by atoms with Crippen LogP contribution in [0.2, 0.25) is 0 Å². The van der Waals surface area contributed by atoms with E-state index in [2.05, 4.69) is 149 Å². The highest BCUT2D eigenvalue weighted by atomic mass is 15.0. The van der Waals surface area contributed by atoms with E-state index >= 15 is 0 Å². The number of nitrogens with one attached hydrogen (secondary N) is 2. The van der Waals surface area contributed by atoms with Crippen LogP contribution in [-0.2, 0) is 0 Å². The third kappa shape index (κ3) is 3.87. The van der Waals surface area contributed by atoms with Crippen LogP contribution in [0.25, 0.3) is 66.9 Å². The van der Waals surface area contributed by atoms with Crippen molar-refractivity contribution < 1.29 is 0 Å². The van der Waals surface area contributed by atoms with Gasteiger partial charge in [-0.1, -0.05) is 97.1 Å². The van der Waals surface area contributed by atoms with Gasteiger partial charge < -0.3 is 15.3 Å². The van der Waals surface area contributed by atoms with E-state index in [4.69, 9.17) is 5.41 Å². The number of allylic oxidation sites excluding steroid dienone is 1. The number of para-hydroxylation sites is 2. The lowest BCUT2D eigenvalue weighted by atomic mass is 9.90. The number of fused-ring (bicyclic) bond motifs is 5. The van der Waals surface area contributed by atoms with E-state index in [9.17, 15) is 0 Å². The van der Waals surface area contributed by atoms with E-state index < -0.39 is 0 Å². The van der Waals surface area contributed by atoms with Gasteiger partial charge in [-0.3, -0.25) is 0 Å². The van der Waals surface area contributed by atoms with Gasteiger partial charge in [-0.15, -0.1) is 0 Å². The molecule has 42 heavy (non-hydrogen) atoms. The summed E-state index contributed by atoms with van der Waals surface area (Å²) in [7, 11) is 0. The van der Waals surface area contributed by atoms with Gasteiger partial charge in [0.15, 0.2) is 0 Å². The highest BCUT2D eigenvalue weighted by molar-refractivity contribution is 6.09. The Morgan fingerprint density at radius 2 is 1.19 bits per heavy atom. The standard InChI is InChI=1S/C39H27N3/c40-21-20-36-34-25-30(42-38-16-8-6-14-31(38)32-15-7-9-17-39(32)42)19-18-29(34)24-37(41-36)35-23-28-13-5-4-12-27(28)22-33(35)26-10-2-1-3-11-26/h1-25,40-41H/b36-20-,40-21?. The van der Waals surface area contributed by atoms with E-state index in [-0.39, 0.29) is 0 Å². The summed E-state index contributed by atoms with van der Waals surface area (Å²) in [6, 6.07) is 47.4. The summed E-state index contributed by atoms with van der Waals surface area (Å²) in [4.78, 5) is 0. The molecule has 0 saturated carbocycles. The van der Waals surface area contributed by atoms with Gasteiger partial charge in [0.1, 0.15) is 0 Å². The maximum atomic E-state index is 7.98. The van der Waals surface area contributed by atoms with E-state index in [1.807, 2.05) is 6.08 Å². The van der Waals surface area contributed by atoms with Crippen molar-refractivity contribution in [3.8, 4) is 16.8 Å². The number of hydrogen-bond acceptors (Lipinski definition) is 2. The average molecular weight is 538 g/mol. The Balaban J connectivity index is 1.33. The largest absolute Gasteiger partial charge is 0.354 e. The van der Waals surface area contributed by atoms with E-state index in [1.165, 1.54) is 49.9 Å². The smallest absolute Gasteiger partial charge is 0.0541 e. The predicted octanol–water partition coefficient (Wildman–Crippen LogP) is 9.70. The second-order valence-corrected chi connectivity index (χ2v) is 10.7. The number of nitrogens with zero attached hydrogens (tertiary/aromatic N) is 1. The van der Waals surface area contributed by atoms with E-state index in [1.54, 1.807) is 0 Å². The molecule has 198 valence electrons. The molecule has 7 aromatic rings. The third-order valence-electron chi connectivity index (χ3n) is 8.25. The summed E-state index contributed by atoms with van der Waals surface area (Å²) >= 11 is 0. The molecule has 0 unspecified atom stereocenters. The summed E-state index contributed by atoms with van der Waals surface area (Å²) in [6.45, 7) is 0. The zero-order valence-electron chi connectivity index (χ0n) is 22.9. The third-order valence-corrected chi connectivity index (χ3v) is 8.25. The van der Waals surface area contributed by atoms with Crippen molar-refractivity contribution in [2.24, 2.45) is 0 Å². The fraction of sp³-hybridized carbons (Fsp3) is 0. The summed E-state index contributed by atoms with van der Waals surface area (Å²) in [5.41, 5.74) is 11.1. The van der Waals surface area contributed by atoms with Crippen molar-refractivity contribution in [3.05, 3.63) is 156 Å². The van der Waals surface area contributed by atoms with Crippen LogP contribution < -0.4 is 5.32 Å². The monoisotopic (exact) mass is 537 g/mol. The minimum atomic E-state index is 0.910.